The van der Waals surface area contributed by atoms with Crippen LogP contribution in [-0.4, -0.2) is 22.2 Å². The minimum atomic E-state index is -1.03. The quantitative estimate of drug-likeness (QED) is 0.921. The van der Waals surface area contributed by atoms with Gasteiger partial charge in [-0.3, -0.25) is 4.79 Å². The first-order valence-electron chi connectivity index (χ1n) is 7.17. The Balaban J connectivity index is 1.65. The third-order valence-electron chi connectivity index (χ3n) is 3.60. The molecule has 1 aromatic heterocycles. The molecule has 1 atom stereocenters. The molecule has 3 rings (SSSR count). The normalized spacial score (nSPS) is 20.0. The van der Waals surface area contributed by atoms with Crippen molar-refractivity contribution in [3.05, 3.63) is 50.9 Å². The van der Waals surface area contributed by atoms with Crippen molar-refractivity contribution in [2.45, 2.75) is 32.4 Å². The molecule has 0 unspecified atom stereocenters. The van der Waals surface area contributed by atoms with E-state index in [1.807, 2.05) is 25.1 Å². The second-order valence-corrected chi connectivity index (χ2v) is 7.29. The van der Waals surface area contributed by atoms with Crippen LogP contribution in [0.5, 0.6) is 0 Å². The van der Waals surface area contributed by atoms with Crippen LogP contribution in [0.1, 0.15) is 28.8 Å². The second-order valence-electron chi connectivity index (χ2n) is 5.56. The van der Waals surface area contributed by atoms with Crippen LogP contribution < -0.4 is 5.32 Å². The standard InChI is InChI=1S/C16H16ClN3O2S/c1-10-8-18-14(23-10)9-19-15(21)16(2)7-13(20-22-16)11-5-3-4-6-12(11)17/h3-6,8H,7,9H2,1-2H3,(H,19,21)/t16-/m0/s1. The summed E-state index contributed by atoms with van der Waals surface area (Å²) in [4.78, 5) is 23.2. The van der Waals surface area contributed by atoms with Gasteiger partial charge in [0, 0.05) is 28.1 Å². The van der Waals surface area contributed by atoms with E-state index in [9.17, 15) is 4.79 Å². The molecule has 23 heavy (non-hydrogen) atoms. The van der Waals surface area contributed by atoms with Crippen molar-refractivity contribution >= 4 is 34.6 Å². The summed E-state index contributed by atoms with van der Waals surface area (Å²) in [7, 11) is 0. The van der Waals surface area contributed by atoms with Crippen molar-refractivity contribution in [1.82, 2.24) is 10.3 Å². The summed E-state index contributed by atoms with van der Waals surface area (Å²) in [5.74, 6) is -0.212. The van der Waals surface area contributed by atoms with Gasteiger partial charge in [0.1, 0.15) is 5.01 Å². The molecule has 0 spiro atoms. The van der Waals surface area contributed by atoms with Gasteiger partial charge < -0.3 is 10.2 Å². The SMILES string of the molecule is Cc1cnc(CNC(=O)[C@]2(C)CC(c3ccccc3Cl)=NO2)s1. The summed E-state index contributed by atoms with van der Waals surface area (Å²) in [5.41, 5.74) is 0.445. The molecule has 0 radical (unpaired) electrons. The molecule has 2 aromatic rings. The molecule has 1 N–H and O–H groups in total. The zero-order valence-corrected chi connectivity index (χ0v) is 14.4. The number of rotatable bonds is 4. The number of nitrogens with zero attached hydrogens (tertiary/aromatic N) is 2. The number of benzene rings is 1. The Bertz CT molecular complexity index is 774. The molecule has 0 aliphatic carbocycles. The number of aromatic nitrogens is 1. The lowest BCUT2D eigenvalue weighted by atomic mass is 9.95. The first-order valence-corrected chi connectivity index (χ1v) is 8.37. The van der Waals surface area contributed by atoms with Gasteiger partial charge >= 0.3 is 0 Å². The third kappa shape index (κ3) is 3.38. The van der Waals surface area contributed by atoms with E-state index in [1.165, 1.54) is 0 Å². The van der Waals surface area contributed by atoms with E-state index in [0.29, 0.717) is 23.7 Å². The molecule has 1 aliphatic heterocycles. The van der Waals surface area contributed by atoms with Gasteiger partial charge in [0.25, 0.3) is 5.91 Å². The van der Waals surface area contributed by atoms with Crippen molar-refractivity contribution < 1.29 is 9.63 Å². The van der Waals surface area contributed by atoms with Gasteiger partial charge in [-0.15, -0.1) is 11.3 Å². The zero-order valence-electron chi connectivity index (χ0n) is 12.8. The summed E-state index contributed by atoms with van der Waals surface area (Å²) >= 11 is 7.73. The van der Waals surface area contributed by atoms with Crippen LogP contribution in [0.3, 0.4) is 0 Å². The number of thiazole rings is 1. The highest BCUT2D eigenvalue weighted by atomic mass is 35.5. The van der Waals surface area contributed by atoms with Gasteiger partial charge in [-0.2, -0.15) is 0 Å². The number of carbonyl (C=O) groups excluding carboxylic acids is 1. The average Bonchev–Trinajstić information content (AvgIpc) is 3.12. The smallest absolute Gasteiger partial charge is 0.267 e. The summed E-state index contributed by atoms with van der Waals surface area (Å²) in [6.45, 7) is 4.09. The Labute approximate surface area is 143 Å². The van der Waals surface area contributed by atoms with Crippen LogP contribution in [0.25, 0.3) is 0 Å². The summed E-state index contributed by atoms with van der Waals surface area (Å²) < 4.78 is 0. The average molecular weight is 350 g/mol. The van der Waals surface area contributed by atoms with E-state index < -0.39 is 5.60 Å². The Kier molecular flexibility index (Phi) is 4.37. The highest BCUT2D eigenvalue weighted by Gasteiger charge is 2.42. The number of halogens is 1. The van der Waals surface area contributed by atoms with E-state index in [2.05, 4.69) is 15.5 Å². The number of amides is 1. The number of carbonyl (C=O) groups is 1. The Morgan fingerprint density at radius 1 is 1.48 bits per heavy atom. The van der Waals surface area contributed by atoms with Crippen LogP contribution in [0, 0.1) is 6.92 Å². The fourth-order valence-corrected chi connectivity index (χ4v) is 3.30. The zero-order chi connectivity index (χ0) is 16.4. The van der Waals surface area contributed by atoms with Crippen molar-refractivity contribution in [3.63, 3.8) is 0 Å². The Hall–Kier alpha value is -1.92. The van der Waals surface area contributed by atoms with E-state index in [0.717, 1.165) is 15.4 Å². The largest absolute Gasteiger partial charge is 0.379 e. The maximum atomic E-state index is 12.4. The van der Waals surface area contributed by atoms with Crippen molar-refractivity contribution in [2.75, 3.05) is 0 Å². The van der Waals surface area contributed by atoms with E-state index in [-0.39, 0.29) is 5.91 Å². The molecule has 0 saturated heterocycles. The van der Waals surface area contributed by atoms with E-state index in [1.54, 1.807) is 30.5 Å². The maximum Gasteiger partial charge on any atom is 0.267 e. The van der Waals surface area contributed by atoms with Crippen LogP contribution in [0.2, 0.25) is 5.02 Å². The Morgan fingerprint density at radius 3 is 2.96 bits per heavy atom. The maximum absolute atomic E-state index is 12.4. The van der Waals surface area contributed by atoms with Gasteiger partial charge in [0.2, 0.25) is 5.60 Å². The summed E-state index contributed by atoms with van der Waals surface area (Å²) in [5, 5.41) is 8.38. The number of oxime groups is 1. The van der Waals surface area contributed by atoms with Crippen molar-refractivity contribution in [2.24, 2.45) is 5.16 Å². The number of aryl methyl sites for hydroxylation is 1. The van der Waals surface area contributed by atoms with E-state index >= 15 is 0 Å². The molecule has 0 bridgehead atoms. The van der Waals surface area contributed by atoms with Gasteiger partial charge in [0.15, 0.2) is 0 Å². The summed E-state index contributed by atoms with van der Waals surface area (Å²) in [6, 6.07) is 7.39. The molecular formula is C16H16ClN3O2S. The molecular weight excluding hydrogens is 334 g/mol. The molecule has 120 valence electrons. The lowest BCUT2D eigenvalue weighted by Crippen LogP contribution is -2.44. The predicted octanol–water partition coefficient (Wildman–Crippen LogP) is 3.30. The molecule has 1 aliphatic rings. The van der Waals surface area contributed by atoms with Gasteiger partial charge in [-0.1, -0.05) is 35.0 Å². The highest BCUT2D eigenvalue weighted by molar-refractivity contribution is 7.11. The first-order chi connectivity index (χ1) is 11.0. The minimum Gasteiger partial charge on any atom is -0.379 e. The molecule has 5 nitrogen and oxygen atoms in total. The van der Waals surface area contributed by atoms with Crippen LogP contribution in [0.4, 0.5) is 0 Å². The summed E-state index contributed by atoms with van der Waals surface area (Å²) in [6.07, 6.45) is 2.16. The van der Waals surface area contributed by atoms with E-state index in [4.69, 9.17) is 16.4 Å². The lowest BCUT2D eigenvalue weighted by molar-refractivity contribution is -0.141. The van der Waals surface area contributed by atoms with Crippen LogP contribution in [0.15, 0.2) is 35.6 Å². The number of nitrogens with one attached hydrogen (secondary N) is 1. The van der Waals surface area contributed by atoms with Gasteiger partial charge in [-0.05, 0) is 19.9 Å². The first kappa shape index (κ1) is 16.0. The number of hydrogen-bond donors (Lipinski definition) is 1. The lowest BCUT2D eigenvalue weighted by Gasteiger charge is -2.20. The third-order valence-corrected chi connectivity index (χ3v) is 4.84. The molecule has 2 heterocycles. The molecule has 0 saturated carbocycles. The molecule has 7 heteroatoms. The van der Waals surface area contributed by atoms with Crippen LogP contribution >= 0.6 is 22.9 Å². The van der Waals surface area contributed by atoms with Gasteiger partial charge in [0.05, 0.1) is 12.3 Å². The molecule has 1 amide bonds. The number of hydrogen-bond acceptors (Lipinski definition) is 5. The fourth-order valence-electron chi connectivity index (χ4n) is 2.33. The minimum absolute atomic E-state index is 0.212. The van der Waals surface area contributed by atoms with Crippen molar-refractivity contribution in [3.8, 4) is 0 Å². The molecule has 1 aromatic carbocycles. The highest BCUT2D eigenvalue weighted by Crippen LogP contribution is 2.29. The van der Waals surface area contributed by atoms with Gasteiger partial charge in [-0.25, -0.2) is 4.98 Å². The topological polar surface area (TPSA) is 63.6 Å². The Morgan fingerprint density at radius 2 is 2.26 bits per heavy atom. The van der Waals surface area contributed by atoms with Crippen molar-refractivity contribution in [1.29, 1.82) is 0 Å². The molecule has 0 fully saturated rings. The fraction of sp³-hybridized carbons (Fsp3) is 0.312. The second kappa shape index (κ2) is 6.29. The predicted molar refractivity (Wildman–Crippen MR) is 90.8 cm³/mol. The van der Waals surface area contributed by atoms with Crippen LogP contribution in [-0.2, 0) is 16.2 Å². The monoisotopic (exact) mass is 349 g/mol.